The molecule has 2 aromatic carbocycles. The van der Waals surface area contributed by atoms with Gasteiger partial charge in [0.05, 0.1) is 10.9 Å². The second kappa shape index (κ2) is 11.4. The van der Waals surface area contributed by atoms with E-state index < -0.39 is 10.0 Å². The van der Waals surface area contributed by atoms with E-state index in [4.69, 9.17) is 0 Å². The van der Waals surface area contributed by atoms with Crippen molar-refractivity contribution in [3.05, 3.63) is 87.4 Å². The van der Waals surface area contributed by atoms with Crippen LogP contribution in [-0.2, 0) is 26.7 Å². The van der Waals surface area contributed by atoms with Crippen molar-refractivity contribution >= 4 is 27.3 Å². The lowest BCUT2D eigenvalue weighted by Crippen LogP contribution is -2.55. The zero-order chi connectivity index (χ0) is 28.7. The summed E-state index contributed by atoms with van der Waals surface area (Å²) in [5.41, 5.74) is 3.12. The highest BCUT2D eigenvalue weighted by molar-refractivity contribution is 7.89. The van der Waals surface area contributed by atoms with Crippen molar-refractivity contribution < 1.29 is 17.6 Å². The van der Waals surface area contributed by atoms with Gasteiger partial charge in [-0.1, -0.05) is 45.0 Å². The molecule has 6 nitrogen and oxygen atoms in total. The molecule has 0 spiro atoms. The van der Waals surface area contributed by atoms with Crippen LogP contribution in [0.5, 0.6) is 0 Å². The number of hydrogen-bond acceptors (Lipinski definition) is 5. The van der Waals surface area contributed by atoms with Gasteiger partial charge in [-0.25, -0.2) is 12.8 Å². The Morgan fingerprint density at radius 2 is 1.80 bits per heavy atom. The third-order valence-electron chi connectivity index (χ3n) is 8.09. The molecule has 40 heavy (non-hydrogen) atoms. The Morgan fingerprint density at radius 1 is 1.05 bits per heavy atom. The molecule has 5 rings (SSSR count). The number of hydrogen-bond donors (Lipinski definition) is 0. The number of fused-ring (bicyclic) bond motifs is 1. The minimum Gasteiger partial charge on any atom is -0.340 e. The molecule has 0 radical (unpaired) electrons. The molecule has 214 valence electrons. The summed E-state index contributed by atoms with van der Waals surface area (Å²) in [7, 11) is -3.66. The van der Waals surface area contributed by atoms with Gasteiger partial charge in [-0.3, -0.25) is 9.69 Å². The van der Waals surface area contributed by atoms with Gasteiger partial charge < -0.3 is 4.90 Å². The normalized spacial score (nSPS) is 20.9. The molecule has 1 saturated heterocycles. The van der Waals surface area contributed by atoms with Crippen molar-refractivity contribution in [2.75, 3.05) is 32.7 Å². The van der Waals surface area contributed by atoms with Gasteiger partial charge in [0.15, 0.2) is 0 Å². The standard InChI is InChI=1S/C31H38FN3O3S2/c1-22-21-34(17-18-35(22)40(37,38)26-10-8-24(9-11-26)31(2,3)4)29(36)13-16-33-15-12-28-27(14-19-39-28)30(33)23-6-5-7-25(32)20-23/h5-11,14,19-20,22,30H,12-13,15-18,21H2,1-4H3/t22-,30-/m0/s1. The third kappa shape index (κ3) is 5.88. The summed E-state index contributed by atoms with van der Waals surface area (Å²) < 4.78 is 42.5. The van der Waals surface area contributed by atoms with E-state index in [0.29, 0.717) is 26.1 Å². The lowest BCUT2D eigenvalue weighted by atomic mass is 9.87. The van der Waals surface area contributed by atoms with Gasteiger partial charge in [0.1, 0.15) is 5.82 Å². The number of halogens is 1. The van der Waals surface area contributed by atoms with E-state index in [9.17, 15) is 17.6 Å². The highest BCUT2D eigenvalue weighted by atomic mass is 32.2. The number of carbonyl (C=O) groups excluding carboxylic acids is 1. The molecular weight excluding hydrogens is 545 g/mol. The molecular formula is C31H38FN3O3S2. The molecule has 2 aliphatic heterocycles. The molecule has 1 amide bonds. The van der Waals surface area contributed by atoms with Crippen molar-refractivity contribution in [3.63, 3.8) is 0 Å². The summed E-state index contributed by atoms with van der Waals surface area (Å²) in [5.74, 6) is -0.240. The SMILES string of the molecule is C[C@H]1CN(C(=O)CCN2CCc3sccc3[C@@H]2c2cccc(F)c2)CCN1S(=O)(=O)c1ccc(C(C)(C)C)cc1. The highest BCUT2D eigenvalue weighted by Gasteiger charge is 2.36. The summed E-state index contributed by atoms with van der Waals surface area (Å²) in [4.78, 5) is 19.0. The minimum atomic E-state index is -3.66. The molecule has 2 atom stereocenters. The van der Waals surface area contributed by atoms with E-state index in [-0.39, 0.29) is 40.7 Å². The van der Waals surface area contributed by atoms with Gasteiger partial charge in [-0.15, -0.1) is 11.3 Å². The number of carbonyl (C=O) groups is 1. The maximum atomic E-state index is 14.1. The first kappa shape index (κ1) is 28.9. The van der Waals surface area contributed by atoms with Crippen molar-refractivity contribution in [2.24, 2.45) is 0 Å². The van der Waals surface area contributed by atoms with Gasteiger partial charge in [0, 0.05) is 50.1 Å². The molecule has 3 aromatic rings. The predicted molar refractivity (Wildman–Crippen MR) is 158 cm³/mol. The zero-order valence-corrected chi connectivity index (χ0v) is 25.3. The first-order chi connectivity index (χ1) is 18.9. The molecule has 1 fully saturated rings. The molecule has 2 aliphatic rings. The molecule has 1 aromatic heterocycles. The Balaban J connectivity index is 1.23. The number of thiophene rings is 1. The number of sulfonamides is 1. The Morgan fingerprint density at radius 3 is 2.48 bits per heavy atom. The fourth-order valence-corrected chi connectivity index (χ4v) is 8.38. The van der Waals surface area contributed by atoms with Gasteiger partial charge >= 0.3 is 0 Å². The summed E-state index contributed by atoms with van der Waals surface area (Å²) in [6.45, 7) is 10.5. The quantitative estimate of drug-likeness (QED) is 0.388. The first-order valence-corrected chi connectivity index (χ1v) is 16.2. The summed E-state index contributed by atoms with van der Waals surface area (Å²) in [5, 5.41) is 2.08. The van der Waals surface area contributed by atoms with Crippen LogP contribution in [0.2, 0.25) is 0 Å². The topological polar surface area (TPSA) is 60.9 Å². The monoisotopic (exact) mass is 583 g/mol. The Kier molecular flexibility index (Phi) is 8.21. The van der Waals surface area contributed by atoms with Gasteiger partial charge in [0.25, 0.3) is 0 Å². The van der Waals surface area contributed by atoms with Crippen LogP contribution in [0, 0.1) is 5.82 Å². The molecule has 0 saturated carbocycles. The number of nitrogens with zero attached hydrogens (tertiary/aromatic N) is 3. The molecule has 3 heterocycles. The lowest BCUT2D eigenvalue weighted by molar-refractivity contribution is -0.133. The Labute approximate surface area is 241 Å². The molecule has 0 N–H and O–H groups in total. The van der Waals surface area contributed by atoms with Crippen molar-refractivity contribution in [1.29, 1.82) is 0 Å². The lowest BCUT2D eigenvalue weighted by Gasteiger charge is -2.40. The van der Waals surface area contributed by atoms with Crippen LogP contribution < -0.4 is 0 Å². The number of benzene rings is 2. The first-order valence-electron chi connectivity index (χ1n) is 13.9. The van der Waals surface area contributed by atoms with Crippen LogP contribution in [0.25, 0.3) is 0 Å². The van der Waals surface area contributed by atoms with Crippen LogP contribution >= 0.6 is 11.3 Å². The van der Waals surface area contributed by atoms with Crippen molar-refractivity contribution in [1.82, 2.24) is 14.1 Å². The second-order valence-corrected chi connectivity index (χ2v) is 14.8. The maximum absolute atomic E-state index is 14.1. The van der Waals surface area contributed by atoms with E-state index in [1.165, 1.54) is 20.8 Å². The summed E-state index contributed by atoms with van der Waals surface area (Å²) in [6, 6.07) is 15.6. The van der Waals surface area contributed by atoms with Crippen LogP contribution in [0.3, 0.4) is 0 Å². The van der Waals surface area contributed by atoms with E-state index >= 15 is 0 Å². The Bertz CT molecular complexity index is 1460. The van der Waals surface area contributed by atoms with E-state index in [1.807, 2.05) is 25.1 Å². The highest BCUT2D eigenvalue weighted by Crippen LogP contribution is 2.38. The van der Waals surface area contributed by atoms with E-state index in [1.54, 1.807) is 40.5 Å². The van der Waals surface area contributed by atoms with Crippen LogP contribution in [0.1, 0.15) is 61.7 Å². The number of amides is 1. The van der Waals surface area contributed by atoms with Gasteiger partial charge in [-0.05, 0) is 71.2 Å². The number of piperazine rings is 1. The van der Waals surface area contributed by atoms with Gasteiger partial charge in [-0.2, -0.15) is 4.31 Å². The smallest absolute Gasteiger partial charge is 0.243 e. The molecule has 0 unspecified atom stereocenters. The minimum absolute atomic E-state index is 0.0209. The predicted octanol–water partition coefficient (Wildman–Crippen LogP) is 5.44. The average Bonchev–Trinajstić information content (AvgIpc) is 3.39. The summed E-state index contributed by atoms with van der Waals surface area (Å²) >= 11 is 1.73. The molecule has 0 aliphatic carbocycles. The molecule has 0 bridgehead atoms. The fraction of sp³-hybridized carbons (Fsp3) is 0.452. The fourth-order valence-electron chi connectivity index (χ4n) is 5.86. The van der Waals surface area contributed by atoms with Crippen molar-refractivity contribution in [3.8, 4) is 0 Å². The van der Waals surface area contributed by atoms with Crippen LogP contribution in [0.15, 0.2) is 64.9 Å². The second-order valence-electron chi connectivity index (χ2n) is 11.9. The summed E-state index contributed by atoms with van der Waals surface area (Å²) in [6.07, 6.45) is 1.25. The Hall–Kier alpha value is -2.59. The van der Waals surface area contributed by atoms with E-state index in [2.05, 4.69) is 37.1 Å². The third-order valence-corrected chi connectivity index (χ3v) is 11.1. The van der Waals surface area contributed by atoms with Crippen molar-refractivity contribution in [2.45, 2.75) is 62.9 Å². The maximum Gasteiger partial charge on any atom is 0.243 e. The average molecular weight is 584 g/mol. The van der Waals surface area contributed by atoms with Gasteiger partial charge in [0.2, 0.25) is 15.9 Å². The zero-order valence-electron chi connectivity index (χ0n) is 23.6. The largest absolute Gasteiger partial charge is 0.340 e. The number of rotatable bonds is 6. The van der Waals surface area contributed by atoms with E-state index in [0.717, 1.165) is 24.1 Å². The van der Waals surface area contributed by atoms with Crippen LogP contribution in [-0.4, -0.2) is 67.2 Å². The van der Waals surface area contributed by atoms with Crippen LogP contribution in [0.4, 0.5) is 4.39 Å². The molecule has 9 heteroatoms.